The average molecular weight is 410 g/mol. The fourth-order valence-corrected chi connectivity index (χ4v) is 4.51. The molecule has 4 rings (SSSR count). The summed E-state index contributed by atoms with van der Waals surface area (Å²) in [6.07, 6.45) is 2.35. The average Bonchev–Trinajstić information content (AvgIpc) is 2.72. The first kappa shape index (κ1) is 20.0. The summed E-state index contributed by atoms with van der Waals surface area (Å²) in [7, 11) is 0. The highest BCUT2D eigenvalue weighted by molar-refractivity contribution is 7.99. The molecular weight excluding hydrogens is 382 g/mol. The highest BCUT2D eigenvalue weighted by Crippen LogP contribution is 2.37. The Bertz CT molecular complexity index is 1040. The number of fused-ring (bicyclic) bond motifs is 1. The third-order valence-corrected chi connectivity index (χ3v) is 6.76. The van der Waals surface area contributed by atoms with Gasteiger partial charge in [0.2, 0.25) is 0 Å². The molecule has 2 aliphatic rings. The predicted molar refractivity (Wildman–Crippen MR) is 119 cm³/mol. The van der Waals surface area contributed by atoms with Crippen LogP contribution in [0.4, 0.5) is 5.82 Å². The molecule has 0 saturated heterocycles. The van der Waals surface area contributed by atoms with Gasteiger partial charge >= 0.3 is 0 Å². The topological polar surface area (TPSA) is 56.2 Å². The van der Waals surface area contributed by atoms with Crippen molar-refractivity contribution < 1.29 is 4.74 Å². The monoisotopic (exact) mass is 409 g/mol. The highest BCUT2D eigenvalue weighted by atomic mass is 32.2. The Balaban J connectivity index is 1.79. The van der Waals surface area contributed by atoms with Crippen LogP contribution in [0.2, 0.25) is 0 Å². The fourth-order valence-electron chi connectivity index (χ4n) is 3.66. The molecule has 0 radical (unpaired) electrons. The van der Waals surface area contributed by atoms with E-state index in [1.165, 1.54) is 0 Å². The van der Waals surface area contributed by atoms with Crippen molar-refractivity contribution in [3.05, 3.63) is 69.7 Å². The molecule has 0 aliphatic carbocycles. The van der Waals surface area contributed by atoms with Gasteiger partial charge in [0.05, 0.1) is 23.5 Å². The number of para-hydroxylation sites is 1. The Labute approximate surface area is 175 Å². The number of nitrogens with one attached hydrogen (secondary N) is 1. The van der Waals surface area contributed by atoms with Gasteiger partial charge in [-0.05, 0) is 38.0 Å². The van der Waals surface area contributed by atoms with Crippen molar-refractivity contribution in [1.29, 1.82) is 0 Å². The Kier molecular flexibility index (Phi) is 5.40. The number of hydrogen-bond acceptors (Lipinski definition) is 5. The van der Waals surface area contributed by atoms with Crippen molar-refractivity contribution in [2.45, 2.75) is 50.8 Å². The zero-order valence-corrected chi connectivity index (χ0v) is 18.1. The number of rotatable bonds is 5. The number of anilines is 1. The molecule has 29 heavy (non-hydrogen) atoms. The second-order valence-electron chi connectivity index (χ2n) is 8.10. The SMILES string of the molecule is C=C(C)CSc1nc2c(c(=O)n1-c1ccccc1)CC1=C(C[C@](C)(CC)OC1)N2. The van der Waals surface area contributed by atoms with Gasteiger partial charge in [-0.25, -0.2) is 4.98 Å². The van der Waals surface area contributed by atoms with Crippen LogP contribution < -0.4 is 10.9 Å². The molecule has 0 unspecified atom stereocenters. The van der Waals surface area contributed by atoms with Gasteiger partial charge in [-0.3, -0.25) is 9.36 Å². The Morgan fingerprint density at radius 1 is 1.38 bits per heavy atom. The van der Waals surface area contributed by atoms with E-state index in [4.69, 9.17) is 9.72 Å². The summed E-state index contributed by atoms with van der Waals surface area (Å²) in [4.78, 5) is 18.4. The molecule has 0 amide bonds. The molecule has 0 saturated carbocycles. The smallest absolute Gasteiger partial charge is 0.264 e. The zero-order valence-electron chi connectivity index (χ0n) is 17.2. The molecule has 2 aliphatic heterocycles. The van der Waals surface area contributed by atoms with Gasteiger partial charge in [0.25, 0.3) is 5.56 Å². The third-order valence-electron chi connectivity index (χ3n) is 5.59. The molecule has 1 aromatic heterocycles. The van der Waals surface area contributed by atoms with Gasteiger partial charge in [-0.1, -0.05) is 49.0 Å². The molecule has 0 spiro atoms. The number of hydrogen-bond donors (Lipinski definition) is 1. The van der Waals surface area contributed by atoms with Crippen LogP contribution in [0.25, 0.3) is 5.69 Å². The molecule has 5 nitrogen and oxygen atoms in total. The van der Waals surface area contributed by atoms with Crippen molar-refractivity contribution in [3.8, 4) is 5.69 Å². The first-order chi connectivity index (χ1) is 13.9. The Hall–Kier alpha value is -2.31. The van der Waals surface area contributed by atoms with Crippen LogP contribution in [0.3, 0.4) is 0 Å². The first-order valence-electron chi connectivity index (χ1n) is 10.0. The van der Waals surface area contributed by atoms with Crippen LogP contribution in [0, 0.1) is 0 Å². The minimum Gasteiger partial charge on any atom is -0.370 e. The van der Waals surface area contributed by atoms with E-state index in [-0.39, 0.29) is 11.2 Å². The molecule has 2 aromatic rings. The van der Waals surface area contributed by atoms with Crippen LogP contribution >= 0.6 is 11.8 Å². The molecule has 0 fully saturated rings. The minimum atomic E-state index is -0.167. The fraction of sp³-hybridized carbons (Fsp3) is 0.391. The van der Waals surface area contributed by atoms with E-state index in [0.717, 1.165) is 35.4 Å². The Morgan fingerprint density at radius 3 is 2.83 bits per heavy atom. The number of ether oxygens (including phenoxy) is 1. The molecule has 1 N–H and O–H groups in total. The maximum Gasteiger partial charge on any atom is 0.264 e. The number of benzene rings is 1. The zero-order chi connectivity index (χ0) is 20.6. The van der Waals surface area contributed by atoms with Gasteiger partial charge in [0, 0.05) is 24.3 Å². The number of nitrogens with zero attached hydrogens (tertiary/aromatic N) is 2. The second-order valence-corrected chi connectivity index (χ2v) is 9.04. The lowest BCUT2D eigenvalue weighted by atomic mass is 9.88. The lowest BCUT2D eigenvalue weighted by Crippen LogP contribution is -2.39. The number of aromatic nitrogens is 2. The van der Waals surface area contributed by atoms with E-state index >= 15 is 0 Å². The summed E-state index contributed by atoms with van der Waals surface area (Å²) in [5.74, 6) is 1.40. The molecule has 1 atom stereocenters. The molecule has 1 aromatic carbocycles. The molecule has 3 heterocycles. The van der Waals surface area contributed by atoms with Crippen LogP contribution in [0.1, 0.15) is 39.2 Å². The molecule has 152 valence electrons. The van der Waals surface area contributed by atoms with Gasteiger partial charge in [-0.15, -0.1) is 0 Å². The maximum atomic E-state index is 13.5. The minimum absolute atomic E-state index is 0.0201. The highest BCUT2D eigenvalue weighted by Gasteiger charge is 2.34. The van der Waals surface area contributed by atoms with Crippen LogP contribution in [-0.2, 0) is 11.2 Å². The standard InChI is InChI=1S/C23H27N3O2S/c1-5-23(4)12-19-16(13-28-23)11-18-20(24-19)25-22(29-14-15(2)3)26(21(18)27)17-9-7-6-8-10-17/h6-10,24H,2,5,11-14H2,1,3-4H3/t23-/m0/s1. The van der Waals surface area contributed by atoms with Crippen molar-refractivity contribution in [1.82, 2.24) is 9.55 Å². The van der Waals surface area contributed by atoms with Gasteiger partial charge in [0.15, 0.2) is 5.16 Å². The second kappa shape index (κ2) is 7.84. The molecular formula is C23H27N3O2S. The number of thioether (sulfide) groups is 1. The summed E-state index contributed by atoms with van der Waals surface area (Å²) in [6, 6.07) is 9.71. The molecule has 0 bridgehead atoms. The van der Waals surface area contributed by atoms with E-state index in [0.29, 0.717) is 35.3 Å². The summed E-state index contributed by atoms with van der Waals surface area (Å²) in [5.41, 5.74) is 4.71. The lowest BCUT2D eigenvalue weighted by Gasteiger charge is -2.38. The van der Waals surface area contributed by atoms with Gasteiger partial charge < -0.3 is 10.1 Å². The van der Waals surface area contributed by atoms with Crippen LogP contribution in [-0.4, -0.2) is 27.5 Å². The molecule has 6 heteroatoms. The summed E-state index contributed by atoms with van der Waals surface area (Å²) in [5, 5.41) is 4.16. The summed E-state index contributed by atoms with van der Waals surface area (Å²) in [6.45, 7) is 10.8. The van der Waals surface area contributed by atoms with Crippen LogP contribution in [0.5, 0.6) is 0 Å². The van der Waals surface area contributed by atoms with Crippen molar-refractivity contribution in [2.24, 2.45) is 0 Å². The van der Waals surface area contributed by atoms with Crippen molar-refractivity contribution in [3.63, 3.8) is 0 Å². The van der Waals surface area contributed by atoms with E-state index in [9.17, 15) is 4.79 Å². The lowest BCUT2D eigenvalue weighted by molar-refractivity contribution is -0.0327. The largest absolute Gasteiger partial charge is 0.370 e. The van der Waals surface area contributed by atoms with Crippen LogP contribution in [0.15, 0.2) is 63.7 Å². The maximum absolute atomic E-state index is 13.5. The summed E-state index contributed by atoms with van der Waals surface area (Å²) >= 11 is 1.54. The van der Waals surface area contributed by atoms with Crippen molar-refractivity contribution in [2.75, 3.05) is 17.7 Å². The normalized spacial score (nSPS) is 20.7. The first-order valence-corrected chi connectivity index (χ1v) is 11.0. The van der Waals surface area contributed by atoms with Gasteiger partial charge in [-0.2, -0.15) is 0 Å². The predicted octanol–water partition coefficient (Wildman–Crippen LogP) is 4.71. The van der Waals surface area contributed by atoms with E-state index in [1.807, 2.05) is 37.3 Å². The Morgan fingerprint density at radius 2 is 2.14 bits per heavy atom. The van der Waals surface area contributed by atoms with Gasteiger partial charge in [0.1, 0.15) is 5.82 Å². The van der Waals surface area contributed by atoms with E-state index in [2.05, 4.69) is 25.7 Å². The third kappa shape index (κ3) is 3.91. The van der Waals surface area contributed by atoms with E-state index < -0.39 is 0 Å². The quantitative estimate of drug-likeness (QED) is 0.440. The summed E-state index contributed by atoms with van der Waals surface area (Å²) < 4.78 is 7.82. The van der Waals surface area contributed by atoms with E-state index in [1.54, 1.807) is 16.3 Å². The van der Waals surface area contributed by atoms with Crippen molar-refractivity contribution >= 4 is 17.6 Å².